The molecule has 0 saturated heterocycles. The van der Waals surface area contributed by atoms with Crippen molar-refractivity contribution in [2.24, 2.45) is 4.99 Å². The first-order valence-corrected chi connectivity index (χ1v) is 9.35. The number of hydrogen-bond donors (Lipinski definition) is 2. The number of guanidine groups is 1. The maximum absolute atomic E-state index is 11.1. The van der Waals surface area contributed by atoms with Crippen molar-refractivity contribution < 1.29 is 13.2 Å². The van der Waals surface area contributed by atoms with Crippen LogP contribution in [-0.2, 0) is 16.4 Å². The number of sulfone groups is 1. The van der Waals surface area contributed by atoms with E-state index in [2.05, 4.69) is 15.6 Å². The summed E-state index contributed by atoms with van der Waals surface area (Å²) in [5.74, 6) is 1.66. The quantitative estimate of drug-likeness (QED) is 0.426. The molecule has 124 valence electrons. The summed E-state index contributed by atoms with van der Waals surface area (Å²) in [6.07, 6.45) is 1.79. The Balaban J connectivity index is 2.44. The van der Waals surface area contributed by atoms with E-state index in [-0.39, 0.29) is 5.75 Å². The molecular formula is C15H25N3O3S. The normalized spacial score (nSPS) is 12.0. The minimum Gasteiger partial charge on any atom is -0.494 e. The number of nitrogens with zero attached hydrogens (tertiary/aromatic N) is 1. The van der Waals surface area contributed by atoms with Crippen LogP contribution >= 0.6 is 0 Å². The Hall–Kier alpha value is -1.76. The molecule has 0 unspecified atom stereocenters. The van der Waals surface area contributed by atoms with Crippen molar-refractivity contribution in [3.63, 3.8) is 0 Å². The third-order valence-electron chi connectivity index (χ3n) is 2.93. The van der Waals surface area contributed by atoms with Crippen LogP contribution in [0, 0.1) is 0 Å². The minimum atomic E-state index is -2.91. The van der Waals surface area contributed by atoms with Crippen molar-refractivity contribution in [3.05, 3.63) is 29.8 Å². The Bertz CT molecular complexity index is 585. The second kappa shape index (κ2) is 9.30. The number of nitrogens with one attached hydrogen (secondary N) is 2. The van der Waals surface area contributed by atoms with Crippen molar-refractivity contribution >= 4 is 15.8 Å². The Morgan fingerprint density at radius 1 is 1.27 bits per heavy atom. The largest absolute Gasteiger partial charge is 0.494 e. The standard InChI is InChI=1S/C15H25N3O3S/c1-4-21-14-9-6-5-8-13(14)12-18-15(16-2)17-10-7-11-22(3,19)20/h5-6,8-9H,4,7,10-12H2,1-3H3,(H2,16,17,18). The van der Waals surface area contributed by atoms with Gasteiger partial charge in [-0.2, -0.15) is 0 Å². The molecule has 1 rings (SSSR count). The fraction of sp³-hybridized carbons (Fsp3) is 0.533. The Labute approximate surface area is 132 Å². The number of aliphatic imine (C=N–C) groups is 1. The second-order valence-electron chi connectivity index (χ2n) is 4.88. The monoisotopic (exact) mass is 327 g/mol. The first-order valence-electron chi connectivity index (χ1n) is 7.29. The van der Waals surface area contributed by atoms with Crippen LogP contribution in [0.5, 0.6) is 5.75 Å². The predicted molar refractivity (Wildman–Crippen MR) is 90.1 cm³/mol. The number of rotatable bonds is 8. The van der Waals surface area contributed by atoms with Gasteiger partial charge in [0.05, 0.1) is 12.4 Å². The van der Waals surface area contributed by atoms with Gasteiger partial charge in [0, 0.05) is 32.0 Å². The fourth-order valence-electron chi connectivity index (χ4n) is 1.89. The smallest absolute Gasteiger partial charge is 0.191 e. The lowest BCUT2D eigenvalue weighted by atomic mass is 10.2. The summed E-state index contributed by atoms with van der Waals surface area (Å²) >= 11 is 0. The first kappa shape index (κ1) is 18.3. The lowest BCUT2D eigenvalue weighted by molar-refractivity contribution is 0.336. The van der Waals surface area contributed by atoms with Gasteiger partial charge in [-0.1, -0.05) is 18.2 Å². The van der Waals surface area contributed by atoms with E-state index in [1.165, 1.54) is 6.26 Å². The SMILES string of the molecule is CCOc1ccccc1CNC(=NC)NCCCS(C)(=O)=O. The minimum absolute atomic E-state index is 0.171. The highest BCUT2D eigenvalue weighted by Crippen LogP contribution is 2.17. The van der Waals surface area contributed by atoms with Gasteiger partial charge in [-0.15, -0.1) is 0 Å². The molecule has 22 heavy (non-hydrogen) atoms. The third-order valence-corrected chi connectivity index (χ3v) is 3.96. The molecule has 0 fully saturated rings. The molecule has 0 amide bonds. The van der Waals surface area contributed by atoms with Crippen LogP contribution in [0.4, 0.5) is 0 Å². The van der Waals surface area contributed by atoms with E-state index in [9.17, 15) is 8.42 Å². The first-order chi connectivity index (χ1) is 10.5. The lowest BCUT2D eigenvalue weighted by Gasteiger charge is -2.14. The molecule has 0 bridgehead atoms. The summed E-state index contributed by atoms with van der Waals surface area (Å²) in [4.78, 5) is 4.12. The molecular weight excluding hydrogens is 302 g/mol. The van der Waals surface area contributed by atoms with E-state index < -0.39 is 9.84 Å². The van der Waals surface area contributed by atoms with Crippen LogP contribution in [0.3, 0.4) is 0 Å². The van der Waals surface area contributed by atoms with Crippen molar-refractivity contribution in [2.75, 3.05) is 32.2 Å². The lowest BCUT2D eigenvalue weighted by Crippen LogP contribution is -2.37. The van der Waals surface area contributed by atoms with Gasteiger partial charge >= 0.3 is 0 Å². The zero-order valence-electron chi connectivity index (χ0n) is 13.4. The maximum atomic E-state index is 11.1. The van der Waals surface area contributed by atoms with Crippen LogP contribution in [0.1, 0.15) is 18.9 Å². The van der Waals surface area contributed by atoms with Gasteiger partial charge in [0.2, 0.25) is 0 Å². The van der Waals surface area contributed by atoms with Gasteiger partial charge < -0.3 is 15.4 Å². The van der Waals surface area contributed by atoms with Crippen LogP contribution in [-0.4, -0.2) is 46.6 Å². The topological polar surface area (TPSA) is 79.8 Å². The predicted octanol–water partition coefficient (Wildman–Crippen LogP) is 1.19. The summed E-state index contributed by atoms with van der Waals surface area (Å²) < 4.78 is 27.7. The zero-order chi connectivity index (χ0) is 16.4. The Morgan fingerprint density at radius 2 is 2.00 bits per heavy atom. The summed E-state index contributed by atoms with van der Waals surface area (Å²) in [5, 5.41) is 6.29. The van der Waals surface area contributed by atoms with E-state index >= 15 is 0 Å². The molecule has 6 nitrogen and oxygen atoms in total. The van der Waals surface area contributed by atoms with Crippen molar-refractivity contribution in [3.8, 4) is 5.75 Å². The molecule has 0 saturated carbocycles. The van der Waals surface area contributed by atoms with E-state index in [0.29, 0.717) is 32.1 Å². The second-order valence-corrected chi connectivity index (χ2v) is 7.14. The molecule has 1 aromatic carbocycles. The Kier molecular flexibility index (Phi) is 7.73. The average Bonchev–Trinajstić information content (AvgIpc) is 2.47. The molecule has 0 aliphatic rings. The molecule has 0 spiro atoms. The Morgan fingerprint density at radius 3 is 2.64 bits per heavy atom. The molecule has 2 N–H and O–H groups in total. The molecule has 0 aliphatic carbocycles. The van der Waals surface area contributed by atoms with Crippen molar-refractivity contribution in [2.45, 2.75) is 19.9 Å². The molecule has 7 heteroatoms. The van der Waals surface area contributed by atoms with Gasteiger partial charge in [0.25, 0.3) is 0 Å². The van der Waals surface area contributed by atoms with Crippen molar-refractivity contribution in [1.82, 2.24) is 10.6 Å². The van der Waals surface area contributed by atoms with Gasteiger partial charge in [-0.3, -0.25) is 4.99 Å². The average molecular weight is 327 g/mol. The summed E-state index contributed by atoms with van der Waals surface area (Å²) in [5.41, 5.74) is 1.04. The van der Waals surface area contributed by atoms with E-state index in [4.69, 9.17) is 4.74 Å². The van der Waals surface area contributed by atoms with Crippen LogP contribution in [0.2, 0.25) is 0 Å². The molecule has 0 atom stereocenters. The highest BCUT2D eigenvalue weighted by Gasteiger charge is 2.05. The van der Waals surface area contributed by atoms with E-state index in [1.807, 2.05) is 31.2 Å². The van der Waals surface area contributed by atoms with E-state index in [1.54, 1.807) is 7.05 Å². The zero-order valence-corrected chi connectivity index (χ0v) is 14.2. The van der Waals surface area contributed by atoms with E-state index in [0.717, 1.165) is 11.3 Å². The summed E-state index contributed by atoms with van der Waals surface area (Å²) in [6, 6.07) is 7.83. The molecule has 1 aromatic rings. The maximum Gasteiger partial charge on any atom is 0.191 e. The highest BCUT2D eigenvalue weighted by molar-refractivity contribution is 7.90. The summed E-state index contributed by atoms with van der Waals surface area (Å²) in [7, 11) is -1.23. The number of hydrogen-bond acceptors (Lipinski definition) is 4. The van der Waals surface area contributed by atoms with Crippen LogP contribution in [0.15, 0.2) is 29.3 Å². The fourth-order valence-corrected chi connectivity index (χ4v) is 2.56. The van der Waals surface area contributed by atoms with Gasteiger partial charge in [-0.25, -0.2) is 8.42 Å². The highest BCUT2D eigenvalue weighted by atomic mass is 32.2. The molecule has 0 heterocycles. The van der Waals surface area contributed by atoms with Crippen LogP contribution < -0.4 is 15.4 Å². The number of ether oxygens (including phenoxy) is 1. The summed E-state index contributed by atoms with van der Waals surface area (Å²) in [6.45, 7) is 3.71. The van der Waals surface area contributed by atoms with Crippen LogP contribution in [0.25, 0.3) is 0 Å². The van der Waals surface area contributed by atoms with Crippen molar-refractivity contribution in [1.29, 1.82) is 0 Å². The molecule has 0 radical (unpaired) electrons. The molecule has 0 aliphatic heterocycles. The molecule has 0 aromatic heterocycles. The van der Waals surface area contributed by atoms with Gasteiger partial charge in [0.1, 0.15) is 15.6 Å². The van der Waals surface area contributed by atoms with Gasteiger partial charge in [0.15, 0.2) is 5.96 Å². The number of para-hydroxylation sites is 1. The number of benzene rings is 1. The van der Waals surface area contributed by atoms with Gasteiger partial charge in [-0.05, 0) is 19.4 Å². The third kappa shape index (κ3) is 7.31.